The van der Waals surface area contributed by atoms with Gasteiger partial charge in [-0.25, -0.2) is 4.98 Å². The van der Waals surface area contributed by atoms with Crippen LogP contribution >= 0.6 is 11.8 Å². The SMILES string of the molecule is COC(=O)CCn1c(SCc2ccc(-c3ccccc3C#N)cc2)nc2ccccc2c1=O. The lowest BCUT2D eigenvalue weighted by molar-refractivity contribution is -0.140. The number of nitrogens with zero attached hydrogens (tertiary/aromatic N) is 3. The third kappa shape index (κ3) is 4.97. The number of aromatic nitrogens is 2. The Kier molecular flexibility index (Phi) is 6.86. The molecule has 0 saturated carbocycles. The zero-order valence-electron chi connectivity index (χ0n) is 18.0. The minimum Gasteiger partial charge on any atom is -0.469 e. The second kappa shape index (κ2) is 10.2. The van der Waals surface area contributed by atoms with E-state index in [1.807, 2.05) is 54.6 Å². The molecule has 164 valence electrons. The van der Waals surface area contributed by atoms with Crippen molar-refractivity contribution < 1.29 is 9.53 Å². The van der Waals surface area contributed by atoms with E-state index in [0.29, 0.717) is 27.4 Å². The summed E-state index contributed by atoms with van der Waals surface area (Å²) < 4.78 is 6.27. The third-order valence-corrected chi connectivity index (χ3v) is 6.32. The molecule has 7 heteroatoms. The van der Waals surface area contributed by atoms with E-state index in [9.17, 15) is 14.9 Å². The molecule has 0 radical (unpaired) electrons. The monoisotopic (exact) mass is 455 g/mol. The number of para-hydroxylation sites is 1. The lowest BCUT2D eigenvalue weighted by Gasteiger charge is -2.13. The molecule has 6 nitrogen and oxygen atoms in total. The summed E-state index contributed by atoms with van der Waals surface area (Å²) in [5.74, 6) is 0.225. The van der Waals surface area contributed by atoms with Crippen molar-refractivity contribution in [3.05, 3.63) is 94.3 Å². The lowest BCUT2D eigenvalue weighted by atomic mass is 10.00. The Morgan fingerprint density at radius 1 is 1.06 bits per heavy atom. The smallest absolute Gasteiger partial charge is 0.307 e. The van der Waals surface area contributed by atoms with Crippen LogP contribution in [0.3, 0.4) is 0 Å². The fraction of sp³-hybridized carbons (Fsp3) is 0.154. The average molecular weight is 456 g/mol. The quantitative estimate of drug-likeness (QED) is 0.226. The maximum atomic E-state index is 13.1. The Morgan fingerprint density at radius 2 is 1.79 bits per heavy atom. The maximum Gasteiger partial charge on any atom is 0.307 e. The Morgan fingerprint density at radius 3 is 2.55 bits per heavy atom. The van der Waals surface area contributed by atoms with Gasteiger partial charge in [0.2, 0.25) is 0 Å². The summed E-state index contributed by atoms with van der Waals surface area (Å²) in [5.41, 5.74) is 4.01. The average Bonchev–Trinajstić information content (AvgIpc) is 2.87. The van der Waals surface area contributed by atoms with Crippen LogP contribution in [-0.4, -0.2) is 22.6 Å². The number of hydrogen-bond donors (Lipinski definition) is 0. The van der Waals surface area contributed by atoms with Gasteiger partial charge in [-0.05, 0) is 34.9 Å². The van der Waals surface area contributed by atoms with Gasteiger partial charge < -0.3 is 4.74 Å². The number of fused-ring (bicyclic) bond motifs is 1. The molecular formula is C26H21N3O3S. The van der Waals surface area contributed by atoms with Crippen molar-refractivity contribution in [1.29, 1.82) is 5.26 Å². The molecule has 0 spiro atoms. The summed E-state index contributed by atoms with van der Waals surface area (Å²) in [4.78, 5) is 29.4. The van der Waals surface area contributed by atoms with Crippen LogP contribution in [0, 0.1) is 11.3 Å². The molecule has 0 unspecified atom stereocenters. The van der Waals surface area contributed by atoms with Crippen LogP contribution < -0.4 is 5.56 Å². The topological polar surface area (TPSA) is 85.0 Å². The maximum absolute atomic E-state index is 13.1. The fourth-order valence-corrected chi connectivity index (χ4v) is 4.50. The first kappa shape index (κ1) is 22.3. The summed E-state index contributed by atoms with van der Waals surface area (Å²) in [6, 6.07) is 24.9. The number of nitriles is 1. The molecule has 0 amide bonds. The molecule has 0 bridgehead atoms. The number of rotatable bonds is 7. The summed E-state index contributed by atoms with van der Waals surface area (Å²) in [6.07, 6.45) is 0.0942. The highest BCUT2D eigenvalue weighted by Gasteiger charge is 2.13. The summed E-state index contributed by atoms with van der Waals surface area (Å²) in [6.45, 7) is 0.204. The van der Waals surface area contributed by atoms with Crippen molar-refractivity contribution in [2.24, 2.45) is 0 Å². The molecule has 0 fully saturated rings. The van der Waals surface area contributed by atoms with Gasteiger partial charge in [0.25, 0.3) is 5.56 Å². The number of methoxy groups -OCH3 is 1. The molecule has 0 aliphatic carbocycles. The Labute approximate surface area is 195 Å². The van der Waals surface area contributed by atoms with Crippen LogP contribution in [0.15, 0.2) is 82.7 Å². The van der Waals surface area contributed by atoms with Gasteiger partial charge in [-0.2, -0.15) is 5.26 Å². The molecule has 33 heavy (non-hydrogen) atoms. The van der Waals surface area contributed by atoms with Crippen molar-refractivity contribution >= 4 is 28.6 Å². The molecule has 0 saturated heterocycles. The summed E-state index contributed by atoms with van der Waals surface area (Å²) in [7, 11) is 1.33. The van der Waals surface area contributed by atoms with Crippen LogP contribution in [0.5, 0.6) is 0 Å². The summed E-state index contributed by atoms with van der Waals surface area (Å²) in [5, 5.41) is 10.4. The molecule has 0 aliphatic rings. The van der Waals surface area contributed by atoms with Crippen LogP contribution in [0.25, 0.3) is 22.0 Å². The van der Waals surface area contributed by atoms with Gasteiger partial charge in [-0.15, -0.1) is 0 Å². The number of ether oxygens (including phenoxy) is 1. The van der Waals surface area contributed by atoms with Gasteiger partial charge in [-0.3, -0.25) is 14.2 Å². The molecule has 1 heterocycles. The number of benzene rings is 3. The zero-order valence-corrected chi connectivity index (χ0v) is 18.8. The Balaban J connectivity index is 1.59. The van der Waals surface area contributed by atoms with E-state index in [1.165, 1.54) is 18.9 Å². The highest BCUT2D eigenvalue weighted by Crippen LogP contribution is 2.26. The van der Waals surface area contributed by atoms with Gasteiger partial charge in [0.1, 0.15) is 0 Å². The van der Waals surface area contributed by atoms with Crippen molar-refractivity contribution in [2.45, 2.75) is 23.9 Å². The van der Waals surface area contributed by atoms with Crippen LogP contribution in [0.2, 0.25) is 0 Å². The van der Waals surface area contributed by atoms with E-state index in [-0.39, 0.29) is 24.5 Å². The summed E-state index contributed by atoms with van der Waals surface area (Å²) >= 11 is 1.45. The van der Waals surface area contributed by atoms with E-state index in [0.717, 1.165) is 16.7 Å². The van der Waals surface area contributed by atoms with Gasteiger partial charge in [0.05, 0.1) is 36.1 Å². The number of carbonyl (C=O) groups excluding carboxylic acids is 1. The van der Waals surface area contributed by atoms with E-state index in [4.69, 9.17) is 4.74 Å². The standard InChI is InChI=1S/C26H21N3O3S/c1-32-24(30)14-15-29-25(31)22-8-4-5-9-23(22)28-26(29)33-17-18-10-12-19(13-11-18)21-7-3-2-6-20(21)16-27/h2-13H,14-15,17H2,1H3. The molecule has 0 N–H and O–H groups in total. The van der Waals surface area contributed by atoms with E-state index in [1.54, 1.807) is 22.8 Å². The first-order chi connectivity index (χ1) is 16.1. The molecule has 4 rings (SSSR count). The predicted molar refractivity (Wildman–Crippen MR) is 129 cm³/mol. The molecule has 0 atom stereocenters. The van der Waals surface area contributed by atoms with Gasteiger partial charge in [-0.1, -0.05) is 66.4 Å². The second-order valence-corrected chi connectivity index (χ2v) is 8.28. The van der Waals surface area contributed by atoms with E-state index < -0.39 is 0 Å². The molecule has 4 aromatic rings. The Hall–Kier alpha value is -3.89. The number of esters is 1. The van der Waals surface area contributed by atoms with Crippen molar-refractivity contribution in [1.82, 2.24) is 9.55 Å². The Bertz CT molecular complexity index is 1410. The minimum absolute atomic E-state index is 0.0942. The van der Waals surface area contributed by atoms with Gasteiger partial charge in [0, 0.05) is 12.3 Å². The van der Waals surface area contributed by atoms with Gasteiger partial charge in [0.15, 0.2) is 5.16 Å². The van der Waals surface area contributed by atoms with Crippen molar-refractivity contribution in [3.63, 3.8) is 0 Å². The molecular weight excluding hydrogens is 434 g/mol. The highest BCUT2D eigenvalue weighted by molar-refractivity contribution is 7.98. The second-order valence-electron chi connectivity index (χ2n) is 7.34. The van der Waals surface area contributed by atoms with Crippen LogP contribution in [0.4, 0.5) is 0 Å². The molecule has 0 aliphatic heterocycles. The van der Waals surface area contributed by atoms with E-state index in [2.05, 4.69) is 11.1 Å². The first-order valence-corrected chi connectivity index (χ1v) is 11.4. The van der Waals surface area contributed by atoms with E-state index >= 15 is 0 Å². The normalized spacial score (nSPS) is 10.7. The zero-order chi connectivity index (χ0) is 23.2. The van der Waals surface area contributed by atoms with Crippen molar-refractivity contribution in [3.8, 4) is 17.2 Å². The lowest BCUT2D eigenvalue weighted by Crippen LogP contribution is -2.24. The highest BCUT2D eigenvalue weighted by atomic mass is 32.2. The number of thioether (sulfide) groups is 1. The third-order valence-electron chi connectivity index (χ3n) is 5.27. The van der Waals surface area contributed by atoms with Crippen LogP contribution in [0.1, 0.15) is 17.5 Å². The fourth-order valence-electron chi connectivity index (χ4n) is 3.52. The van der Waals surface area contributed by atoms with Crippen molar-refractivity contribution in [2.75, 3.05) is 7.11 Å². The molecule has 1 aromatic heterocycles. The number of hydrogen-bond acceptors (Lipinski definition) is 6. The van der Waals surface area contributed by atoms with Gasteiger partial charge >= 0.3 is 5.97 Å². The minimum atomic E-state index is -0.376. The van der Waals surface area contributed by atoms with Crippen LogP contribution in [-0.2, 0) is 21.8 Å². The first-order valence-electron chi connectivity index (χ1n) is 10.4. The molecule has 3 aromatic carbocycles. The number of carbonyl (C=O) groups is 1. The predicted octanol–water partition coefficient (Wildman–Crippen LogP) is 4.79. The largest absolute Gasteiger partial charge is 0.469 e.